The summed E-state index contributed by atoms with van der Waals surface area (Å²) in [4.78, 5) is 12.3. The van der Waals surface area contributed by atoms with E-state index >= 15 is 0 Å². The molecule has 156 valence electrons. The van der Waals surface area contributed by atoms with Crippen LogP contribution < -0.4 is 15.4 Å². The van der Waals surface area contributed by atoms with Gasteiger partial charge < -0.3 is 15.4 Å². The number of halogens is 1. The number of carbonyl (C=O) groups excluding carboxylic acids is 1. The van der Waals surface area contributed by atoms with Gasteiger partial charge in [-0.2, -0.15) is 0 Å². The molecule has 0 aliphatic heterocycles. The van der Waals surface area contributed by atoms with Gasteiger partial charge in [-0.05, 0) is 36.2 Å². The maximum absolute atomic E-state index is 13.8. The van der Waals surface area contributed by atoms with Crippen molar-refractivity contribution in [2.75, 3.05) is 11.9 Å². The lowest BCUT2D eigenvalue weighted by molar-refractivity contribution is 0.0949. The highest BCUT2D eigenvalue weighted by molar-refractivity contribution is 5.95. The lowest BCUT2D eigenvalue weighted by Gasteiger charge is -2.14. The van der Waals surface area contributed by atoms with Gasteiger partial charge in [0.1, 0.15) is 18.2 Å². The summed E-state index contributed by atoms with van der Waals surface area (Å²) in [6, 6.07) is 21.6. The maximum atomic E-state index is 13.8. The molecular weight excluding hydrogens is 379 g/mol. The van der Waals surface area contributed by atoms with Gasteiger partial charge in [-0.3, -0.25) is 4.79 Å². The van der Waals surface area contributed by atoms with E-state index in [1.807, 2.05) is 42.5 Å². The van der Waals surface area contributed by atoms with Crippen molar-refractivity contribution in [2.45, 2.75) is 27.0 Å². The van der Waals surface area contributed by atoms with Crippen LogP contribution in [-0.4, -0.2) is 12.5 Å². The average molecular weight is 407 g/mol. The van der Waals surface area contributed by atoms with Gasteiger partial charge >= 0.3 is 0 Å². The molecule has 0 aliphatic rings. The predicted octanol–water partition coefficient (Wildman–Crippen LogP) is 5.40. The molecule has 1 amide bonds. The van der Waals surface area contributed by atoms with E-state index in [-0.39, 0.29) is 18.3 Å². The summed E-state index contributed by atoms with van der Waals surface area (Å²) >= 11 is 0. The van der Waals surface area contributed by atoms with E-state index in [1.54, 1.807) is 24.3 Å². The minimum absolute atomic E-state index is 0.0824. The van der Waals surface area contributed by atoms with Crippen LogP contribution in [0.3, 0.4) is 0 Å². The number of benzene rings is 3. The van der Waals surface area contributed by atoms with Crippen LogP contribution in [0.4, 0.5) is 10.1 Å². The van der Waals surface area contributed by atoms with Gasteiger partial charge in [0.05, 0.1) is 0 Å². The number of rotatable bonds is 9. The van der Waals surface area contributed by atoms with Crippen molar-refractivity contribution >= 4 is 11.6 Å². The Hall–Kier alpha value is -3.34. The third kappa shape index (κ3) is 6.08. The molecule has 2 N–H and O–H groups in total. The second-order valence-electron chi connectivity index (χ2n) is 7.53. The van der Waals surface area contributed by atoms with E-state index in [0.29, 0.717) is 35.9 Å². The summed E-state index contributed by atoms with van der Waals surface area (Å²) in [5, 5.41) is 6.26. The normalized spacial score (nSPS) is 10.7. The number of hydrogen-bond acceptors (Lipinski definition) is 3. The Bertz CT molecular complexity index is 988. The maximum Gasteiger partial charge on any atom is 0.251 e. The van der Waals surface area contributed by atoms with Crippen LogP contribution in [0.1, 0.15) is 35.3 Å². The van der Waals surface area contributed by atoms with Crippen molar-refractivity contribution in [1.29, 1.82) is 0 Å². The Morgan fingerprint density at radius 3 is 2.47 bits per heavy atom. The first-order valence-corrected chi connectivity index (χ1v) is 10.1. The lowest BCUT2D eigenvalue weighted by atomic mass is 10.1. The fourth-order valence-corrected chi connectivity index (χ4v) is 2.93. The van der Waals surface area contributed by atoms with Gasteiger partial charge in [-0.1, -0.05) is 56.3 Å². The van der Waals surface area contributed by atoms with Crippen molar-refractivity contribution in [3.63, 3.8) is 0 Å². The summed E-state index contributed by atoms with van der Waals surface area (Å²) < 4.78 is 19.7. The highest BCUT2D eigenvalue weighted by Crippen LogP contribution is 2.22. The van der Waals surface area contributed by atoms with Gasteiger partial charge in [0.15, 0.2) is 0 Å². The first kappa shape index (κ1) is 21.4. The first-order chi connectivity index (χ1) is 14.5. The van der Waals surface area contributed by atoms with Crippen molar-refractivity contribution in [3.05, 3.63) is 95.3 Å². The third-order valence-corrected chi connectivity index (χ3v) is 4.59. The van der Waals surface area contributed by atoms with Gasteiger partial charge in [0, 0.05) is 35.5 Å². The highest BCUT2D eigenvalue weighted by Gasteiger charge is 2.09. The zero-order valence-electron chi connectivity index (χ0n) is 17.3. The first-order valence-electron chi connectivity index (χ1n) is 10.1. The van der Waals surface area contributed by atoms with E-state index in [2.05, 4.69) is 24.5 Å². The Kier molecular flexibility index (Phi) is 7.44. The molecule has 0 atom stereocenters. The number of carbonyl (C=O) groups is 1. The summed E-state index contributed by atoms with van der Waals surface area (Å²) in [6.45, 7) is 5.44. The van der Waals surface area contributed by atoms with Crippen molar-refractivity contribution in [1.82, 2.24) is 5.32 Å². The predicted molar refractivity (Wildman–Crippen MR) is 118 cm³/mol. The summed E-state index contributed by atoms with van der Waals surface area (Å²) in [7, 11) is 0. The zero-order chi connectivity index (χ0) is 21.3. The van der Waals surface area contributed by atoms with Crippen molar-refractivity contribution < 1.29 is 13.9 Å². The molecule has 0 aromatic heterocycles. The number of ether oxygens (including phenoxy) is 1. The number of nitrogens with one attached hydrogen (secondary N) is 2. The second-order valence-corrected chi connectivity index (χ2v) is 7.53. The van der Waals surface area contributed by atoms with E-state index in [9.17, 15) is 9.18 Å². The lowest BCUT2D eigenvalue weighted by Crippen LogP contribution is -2.27. The fourth-order valence-electron chi connectivity index (χ4n) is 2.93. The van der Waals surface area contributed by atoms with Gasteiger partial charge in [0.2, 0.25) is 0 Å². The molecule has 0 unspecified atom stereocenters. The molecule has 0 saturated carbocycles. The van der Waals surface area contributed by atoms with Crippen LogP contribution in [0.5, 0.6) is 5.75 Å². The molecule has 5 heteroatoms. The second kappa shape index (κ2) is 10.4. The average Bonchev–Trinajstić information content (AvgIpc) is 2.76. The van der Waals surface area contributed by atoms with E-state index in [4.69, 9.17) is 4.74 Å². The molecule has 30 heavy (non-hydrogen) atoms. The molecular formula is C25H27FN2O2. The molecule has 3 aromatic carbocycles. The summed E-state index contributed by atoms with van der Waals surface area (Å²) in [6.07, 6.45) is 0. The van der Waals surface area contributed by atoms with Crippen LogP contribution in [0.15, 0.2) is 72.8 Å². The van der Waals surface area contributed by atoms with E-state index in [0.717, 1.165) is 11.3 Å². The van der Waals surface area contributed by atoms with E-state index < -0.39 is 0 Å². The third-order valence-electron chi connectivity index (χ3n) is 4.59. The van der Waals surface area contributed by atoms with E-state index in [1.165, 1.54) is 6.07 Å². The molecule has 3 rings (SSSR count). The van der Waals surface area contributed by atoms with Crippen LogP contribution in [-0.2, 0) is 13.2 Å². The molecule has 0 radical (unpaired) electrons. The molecule has 3 aromatic rings. The Morgan fingerprint density at radius 2 is 1.70 bits per heavy atom. The zero-order valence-corrected chi connectivity index (χ0v) is 17.3. The Labute approximate surface area is 177 Å². The van der Waals surface area contributed by atoms with Gasteiger partial charge in [-0.25, -0.2) is 4.39 Å². The molecule has 0 saturated heterocycles. The molecule has 0 fully saturated rings. The van der Waals surface area contributed by atoms with Crippen LogP contribution in [0, 0.1) is 11.7 Å². The number of anilines is 1. The SMILES string of the molecule is CC(C)CNC(=O)c1cccc(NCc2ccccc2OCc2ccccc2F)c1. The molecule has 0 spiro atoms. The monoisotopic (exact) mass is 406 g/mol. The number of para-hydroxylation sites is 1. The number of amides is 1. The van der Waals surface area contributed by atoms with Crippen LogP contribution in [0.25, 0.3) is 0 Å². The minimum atomic E-state index is -0.277. The topological polar surface area (TPSA) is 50.4 Å². The summed E-state index contributed by atoms with van der Waals surface area (Å²) in [5.74, 6) is 0.733. The smallest absolute Gasteiger partial charge is 0.251 e. The quantitative estimate of drug-likeness (QED) is 0.500. The number of hydrogen-bond donors (Lipinski definition) is 2. The standard InChI is InChI=1S/C25H27FN2O2/c1-18(2)15-28-25(29)19-10-7-11-22(14-19)27-16-20-8-4-6-13-24(20)30-17-21-9-3-5-12-23(21)26/h3-14,18,27H,15-17H2,1-2H3,(H,28,29). The van der Waals surface area contributed by atoms with Gasteiger partial charge in [0.25, 0.3) is 5.91 Å². The molecule has 0 aliphatic carbocycles. The van der Waals surface area contributed by atoms with Gasteiger partial charge in [-0.15, -0.1) is 0 Å². The van der Waals surface area contributed by atoms with Crippen LogP contribution in [0.2, 0.25) is 0 Å². The van der Waals surface area contributed by atoms with Crippen molar-refractivity contribution in [2.24, 2.45) is 5.92 Å². The highest BCUT2D eigenvalue weighted by atomic mass is 19.1. The fraction of sp³-hybridized carbons (Fsp3) is 0.240. The van der Waals surface area contributed by atoms with Crippen LogP contribution >= 0.6 is 0 Å². The molecule has 4 nitrogen and oxygen atoms in total. The molecule has 0 heterocycles. The Morgan fingerprint density at radius 1 is 0.967 bits per heavy atom. The minimum Gasteiger partial charge on any atom is -0.488 e. The summed E-state index contributed by atoms with van der Waals surface area (Å²) in [5.41, 5.74) is 2.92. The van der Waals surface area contributed by atoms with Crippen molar-refractivity contribution in [3.8, 4) is 5.75 Å². The largest absolute Gasteiger partial charge is 0.488 e. The molecule has 0 bridgehead atoms. The Balaban J connectivity index is 1.63.